The number of amides is 2. The molecular formula is C14H13N3O2. The van der Waals surface area contributed by atoms with E-state index >= 15 is 0 Å². The van der Waals surface area contributed by atoms with Crippen LogP contribution in [0.25, 0.3) is 0 Å². The van der Waals surface area contributed by atoms with Gasteiger partial charge in [0.1, 0.15) is 0 Å². The third kappa shape index (κ3) is 3.64. The summed E-state index contributed by atoms with van der Waals surface area (Å²) in [4.78, 5) is 26.8. The van der Waals surface area contributed by atoms with Gasteiger partial charge in [0, 0.05) is 36.3 Å². The van der Waals surface area contributed by atoms with Crippen LogP contribution in [0.3, 0.4) is 0 Å². The maximum atomic E-state index is 12.0. The summed E-state index contributed by atoms with van der Waals surface area (Å²) in [5.41, 5.74) is 1.74. The molecule has 0 saturated carbocycles. The van der Waals surface area contributed by atoms with Crippen LogP contribution < -0.4 is 10.6 Å². The molecule has 0 fully saturated rings. The van der Waals surface area contributed by atoms with Crippen LogP contribution in [0.2, 0.25) is 0 Å². The fraction of sp³-hybridized carbons (Fsp3) is 0.0714. The monoisotopic (exact) mass is 255 g/mol. The van der Waals surface area contributed by atoms with E-state index in [9.17, 15) is 9.59 Å². The van der Waals surface area contributed by atoms with Crippen molar-refractivity contribution in [2.24, 2.45) is 0 Å². The summed E-state index contributed by atoms with van der Waals surface area (Å²) in [5, 5.41) is 5.38. The van der Waals surface area contributed by atoms with Gasteiger partial charge in [0.15, 0.2) is 0 Å². The van der Waals surface area contributed by atoms with Crippen LogP contribution in [0, 0.1) is 0 Å². The maximum Gasteiger partial charge on any atom is 0.255 e. The van der Waals surface area contributed by atoms with Gasteiger partial charge in [-0.05, 0) is 30.3 Å². The zero-order valence-corrected chi connectivity index (χ0v) is 10.4. The molecule has 19 heavy (non-hydrogen) atoms. The van der Waals surface area contributed by atoms with E-state index in [2.05, 4.69) is 15.6 Å². The van der Waals surface area contributed by atoms with Crippen LogP contribution in [-0.2, 0) is 4.79 Å². The van der Waals surface area contributed by atoms with E-state index < -0.39 is 0 Å². The molecule has 2 aromatic rings. The second-order valence-electron chi connectivity index (χ2n) is 3.95. The predicted molar refractivity (Wildman–Crippen MR) is 72.9 cm³/mol. The van der Waals surface area contributed by atoms with E-state index in [1.807, 2.05) is 0 Å². The van der Waals surface area contributed by atoms with Gasteiger partial charge in [-0.25, -0.2) is 0 Å². The lowest BCUT2D eigenvalue weighted by molar-refractivity contribution is -0.114. The third-order valence-corrected chi connectivity index (χ3v) is 2.38. The molecule has 5 nitrogen and oxygen atoms in total. The molecule has 0 aliphatic rings. The summed E-state index contributed by atoms with van der Waals surface area (Å²) in [6, 6.07) is 10.2. The lowest BCUT2D eigenvalue weighted by atomic mass is 10.2. The Hall–Kier alpha value is -2.69. The van der Waals surface area contributed by atoms with Gasteiger partial charge in [-0.15, -0.1) is 0 Å². The quantitative estimate of drug-likeness (QED) is 0.884. The smallest absolute Gasteiger partial charge is 0.255 e. The Labute approximate surface area is 110 Å². The number of pyridine rings is 1. The summed E-state index contributed by atoms with van der Waals surface area (Å²) >= 11 is 0. The van der Waals surface area contributed by atoms with Crippen LogP contribution in [0.4, 0.5) is 11.4 Å². The molecule has 2 amide bonds. The van der Waals surface area contributed by atoms with Crippen molar-refractivity contribution < 1.29 is 9.59 Å². The Morgan fingerprint density at radius 3 is 2.42 bits per heavy atom. The average molecular weight is 255 g/mol. The molecular weight excluding hydrogens is 242 g/mol. The summed E-state index contributed by atoms with van der Waals surface area (Å²) in [7, 11) is 0. The van der Waals surface area contributed by atoms with Crippen molar-refractivity contribution in [3.8, 4) is 0 Å². The standard InChI is InChI=1S/C14H13N3O2/c1-10(18)16-13-4-2-3-11(9-13)14(19)17-12-5-7-15-8-6-12/h2-9H,1H3,(H,16,18)(H,15,17,19). The molecule has 0 aliphatic carbocycles. The first-order valence-electron chi connectivity index (χ1n) is 5.74. The number of anilines is 2. The van der Waals surface area contributed by atoms with Gasteiger partial charge in [-0.2, -0.15) is 0 Å². The van der Waals surface area contributed by atoms with Crippen molar-refractivity contribution in [3.63, 3.8) is 0 Å². The highest BCUT2D eigenvalue weighted by Crippen LogP contribution is 2.13. The van der Waals surface area contributed by atoms with Gasteiger partial charge in [0.05, 0.1) is 0 Å². The normalized spacial score (nSPS) is 9.74. The largest absolute Gasteiger partial charge is 0.326 e. The Kier molecular flexibility index (Phi) is 3.87. The molecule has 96 valence electrons. The number of aromatic nitrogens is 1. The van der Waals surface area contributed by atoms with Crippen LogP contribution in [-0.4, -0.2) is 16.8 Å². The highest BCUT2D eigenvalue weighted by atomic mass is 16.2. The molecule has 2 rings (SSSR count). The first-order valence-corrected chi connectivity index (χ1v) is 5.74. The number of hydrogen-bond acceptors (Lipinski definition) is 3. The van der Waals surface area contributed by atoms with Crippen molar-refractivity contribution in [1.29, 1.82) is 0 Å². The molecule has 1 aromatic carbocycles. The molecule has 2 N–H and O–H groups in total. The predicted octanol–water partition coefficient (Wildman–Crippen LogP) is 2.29. The summed E-state index contributed by atoms with van der Waals surface area (Å²) in [6.07, 6.45) is 3.20. The van der Waals surface area contributed by atoms with E-state index in [1.165, 1.54) is 6.92 Å². The summed E-state index contributed by atoms with van der Waals surface area (Å²) < 4.78 is 0. The van der Waals surface area contributed by atoms with Crippen molar-refractivity contribution in [3.05, 3.63) is 54.4 Å². The van der Waals surface area contributed by atoms with Gasteiger partial charge in [-0.3, -0.25) is 14.6 Å². The molecule has 0 saturated heterocycles. The first-order chi connectivity index (χ1) is 9.15. The SMILES string of the molecule is CC(=O)Nc1cccc(C(=O)Nc2ccncc2)c1. The number of nitrogens with one attached hydrogen (secondary N) is 2. The molecule has 1 aromatic heterocycles. The van der Waals surface area contributed by atoms with Crippen LogP contribution in [0.5, 0.6) is 0 Å². The lowest BCUT2D eigenvalue weighted by Gasteiger charge is -2.07. The number of hydrogen-bond donors (Lipinski definition) is 2. The molecule has 0 unspecified atom stereocenters. The van der Waals surface area contributed by atoms with E-state index in [-0.39, 0.29) is 11.8 Å². The fourth-order valence-electron chi connectivity index (χ4n) is 1.58. The molecule has 0 atom stereocenters. The second kappa shape index (κ2) is 5.77. The van der Waals surface area contributed by atoms with Gasteiger partial charge in [0.2, 0.25) is 5.91 Å². The fourth-order valence-corrected chi connectivity index (χ4v) is 1.58. The van der Waals surface area contributed by atoms with Crippen molar-refractivity contribution >= 4 is 23.2 Å². The van der Waals surface area contributed by atoms with Gasteiger partial charge in [0.25, 0.3) is 5.91 Å². The number of rotatable bonds is 3. The molecule has 5 heteroatoms. The summed E-state index contributed by atoms with van der Waals surface area (Å²) in [6.45, 7) is 1.42. The van der Waals surface area contributed by atoms with Crippen LogP contribution in [0.1, 0.15) is 17.3 Å². The highest BCUT2D eigenvalue weighted by molar-refractivity contribution is 6.05. The Morgan fingerprint density at radius 1 is 1.00 bits per heavy atom. The second-order valence-corrected chi connectivity index (χ2v) is 3.95. The number of carbonyl (C=O) groups is 2. The number of benzene rings is 1. The molecule has 0 bridgehead atoms. The molecule has 0 spiro atoms. The Morgan fingerprint density at radius 2 is 1.74 bits per heavy atom. The molecule has 0 aliphatic heterocycles. The first kappa shape index (κ1) is 12.8. The van der Waals surface area contributed by atoms with E-state index in [0.717, 1.165) is 0 Å². The zero-order valence-electron chi connectivity index (χ0n) is 10.4. The van der Waals surface area contributed by atoms with E-state index in [0.29, 0.717) is 16.9 Å². The van der Waals surface area contributed by atoms with Crippen molar-refractivity contribution in [1.82, 2.24) is 4.98 Å². The van der Waals surface area contributed by atoms with Crippen molar-refractivity contribution in [2.75, 3.05) is 10.6 Å². The van der Waals surface area contributed by atoms with Gasteiger partial charge < -0.3 is 10.6 Å². The Balaban J connectivity index is 2.13. The van der Waals surface area contributed by atoms with Gasteiger partial charge in [-0.1, -0.05) is 6.07 Å². The Bertz CT molecular complexity index is 597. The number of carbonyl (C=O) groups excluding carboxylic acids is 2. The average Bonchev–Trinajstić information content (AvgIpc) is 2.39. The van der Waals surface area contributed by atoms with Crippen molar-refractivity contribution in [2.45, 2.75) is 6.92 Å². The minimum absolute atomic E-state index is 0.174. The summed E-state index contributed by atoms with van der Waals surface area (Å²) in [5.74, 6) is -0.412. The minimum Gasteiger partial charge on any atom is -0.326 e. The minimum atomic E-state index is -0.238. The topological polar surface area (TPSA) is 71.1 Å². The highest BCUT2D eigenvalue weighted by Gasteiger charge is 2.07. The van der Waals surface area contributed by atoms with Crippen LogP contribution >= 0.6 is 0 Å². The lowest BCUT2D eigenvalue weighted by Crippen LogP contribution is -2.13. The zero-order chi connectivity index (χ0) is 13.7. The maximum absolute atomic E-state index is 12.0. The third-order valence-electron chi connectivity index (χ3n) is 2.38. The van der Waals surface area contributed by atoms with Crippen LogP contribution in [0.15, 0.2) is 48.8 Å². The molecule has 1 heterocycles. The van der Waals surface area contributed by atoms with Gasteiger partial charge >= 0.3 is 0 Å². The van der Waals surface area contributed by atoms with E-state index in [4.69, 9.17) is 0 Å². The number of nitrogens with zero attached hydrogens (tertiary/aromatic N) is 1. The molecule has 0 radical (unpaired) electrons. The van der Waals surface area contributed by atoms with E-state index in [1.54, 1.807) is 48.8 Å².